The van der Waals surface area contributed by atoms with Crippen LogP contribution in [0.1, 0.15) is 22.8 Å². The highest BCUT2D eigenvalue weighted by Gasteiger charge is 2.04. The third kappa shape index (κ3) is 4.49. The number of hydrogen-bond acceptors (Lipinski definition) is 2. The summed E-state index contributed by atoms with van der Waals surface area (Å²) in [4.78, 5) is 0. The molecule has 0 heterocycles. The van der Waals surface area contributed by atoms with Gasteiger partial charge in [-0.3, -0.25) is 0 Å². The van der Waals surface area contributed by atoms with Gasteiger partial charge in [-0.05, 0) is 35.4 Å². The van der Waals surface area contributed by atoms with E-state index in [1.54, 1.807) is 0 Å². The zero-order valence-corrected chi connectivity index (χ0v) is 13.2. The first-order valence-corrected chi connectivity index (χ1v) is 7.82. The fourth-order valence-electron chi connectivity index (χ4n) is 2.24. The molecule has 1 N–H and O–H groups in total. The number of benzene rings is 3. The number of rotatable bonds is 4. The Morgan fingerprint density at radius 1 is 0.792 bits per heavy atom. The van der Waals surface area contributed by atoms with Crippen LogP contribution < -0.4 is 4.74 Å². The van der Waals surface area contributed by atoms with Crippen LogP contribution in [0.4, 0.5) is 0 Å². The van der Waals surface area contributed by atoms with Crippen molar-refractivity contribution in [1.82, 2.24) is 0 Å². The van der Waals surface area contributed by atoms with Gasteiger partial charge in [0.05, 0.1) is 0 Å². The van der Waals surface area contributed by atoms with Crippen LogP contribution in [-0.2, 0) is 6.61 Å². The third-order valence-electron chi connectivity index (χ3n) is 3.57. The molecular weight excluding hydrogens is 296 g/mol. The molecule has 0 aromatic heterocycles. The average molecular weight is 314 g/mol. The highest BCUT2D eigenvalue weighted by Crippen LogP contribution is 2.18. The molecule has 3 aromatic carbocycles. The summed E-state index contributed by atoms with van der Waals surface area (Å²) in [6.07, 6.45) is -0.812. The van der Waals surface area contributed by atoms with E-state index in [1.807, 2.05) is 84.9 Å². The smallest absolute Gasteiger partial charge is 0.140 e. The molecule has 1 atom stereocenters. The first-order valence-electron chi connectivity index (χ1n) is 7.82. The molecular formula is C22H18O2. The summed E-state index contributed by atoms with van der Waals surface area (Å²) in [5.41, 5.74) is 2.76. The van der Waals surface area contributed by atoms with Crippen LogP contribution in [-0.4, -0.2) is 5.11 Å². The Kier molecular flexibility index (Phi) is 5.29. The summed E-state index contributed by atoms with van der Waals surface area (Å²) < 4.78 is 5.74. The lowest BCUT2D eigenvalue weighted by atomic mass is 10.1. The van der Waals surface area contributed by atoms with Crippen molar-refractivity contribution in [3.05, 3.63) is 102 Å². The van der Waals surface area contributed by atoms with Crippen LogP contribution in [0, 0.1) is 11.8 Å². The Hall–Kier alpha value is -3.02. The van der Waals surface area contributed by atoms with Crippen LogP contribution in [0.5, 0.6) is 5.75 Å². The largest absolute Gasteiger partial charge is 0.489 e. The minimum atomic E-state index is -0.812. The van der Waals surface area contributed by atoms with E-state index in [4.69, 9.17) is 4.74 Å². The van der Waals surface area contributed by atoms with Gasteiger partial charge < -0.3 is 9.84 Å². The summed E-state index contributed by atoms with van der Waals surface area (Å²) in [5, 5.41) is 10.2. The second-order valence-corrected chi connectivity index (χ2v) is 5.38. The van der Waals surface area contributed by atoms with Crippen molar-refractivity contribution in [3.63, 3.8) is 0 Å². The fraction of sp³-hybridized carbons (Fsp3) is 0.0909. The molecule has 1 unspecified atom stereocenters. The minimum absolute atomic E-state index is 0.524. The molecule has 0 aliphatic rings. The van der Waals surface area contributed by atoms with Crippen molar-refractivity contribution < 1.29 is 9.84 Å². The Bertz CT molecular complexity index is 813. The molecule has 2 heteroatoms. The SMILES string of the molecule is OC(C#Cc1ccccc1)c1ccc(OCc2ccccc2)cc1. The zero-order chi connectivity index (χ0) is 16.6. The van der Waals surface area contributed by atoms with Crippen LogP contribution in [0.15, 0.2) is 84.9 Å². The van der Waals surface area contributed by atoms with E-state index in [1.165, 1.54) is 0 Å². The molecule has 0 aliphatic heterocycles. The van der Waals surface area contributed by atoms with E-state index >= 15 is 0 Å². The van der Waals surface area contributed by atoms with Gasteiger partial charge in [0.1, 0.15) is 18.5 Å². The monoisotopic (exact) mass is 314 g/mol. The highest BCUT2D eigenvalue weighted by atomic mass is 16.5. The summed E-state index contributed by atoms with van der Waals surface area (Å²) in [5.74, 6) is 6.60. The predicted molar refractivity (Wildman–Crippen MR) is 95.5 cm³/mol. The number of hydrogen-bond donors (Lipinski definition) is 1. The van der Waals surface area contributed by atoms with E-state index < -0.39 is 6.10 Å². The maximum atomic E-state index is 10.2. The van der Waals surface area contributed by atoms with Crippen LogP contribution in [0.2, 0.25) is 0 Å². The Morgan fingerprint density at radius 3 is 2.08 bits per heavy atom. The highest BCUT2D eigenvalue weighted by molar-refractivity contribution is 5.38. The number of aliphatic hydroxyl groups is 1. The van der Waals surface area contributed by atoms with Gasteiger partial charge in [0, 0.05) is 5.56 Å². The molecule has 0 saturated heterocycles. The van der Waals surface area contributed by atoms with Crippen molar-refractivity contribution >= 4 is 0 Å². The van der Waals surface area contributed by atoms with Crippen molar-refractivity contribution in [2.24, 2.45) is 0 Å². The molecule has 0 fully saturated rings. The molecule has 118 valence electrons. The molecule has 0 amide bonds. The van der Waals surface area contributed by atoms with Gasteiger partial charge in [0.2, 0.25) is 0 Å². The summed E-state index contributed by atoms with van der Waals surface area (Å²) in [6, 6.07) is 27.0. The van der Waals surface area contributed by atoms with E-state index in [-0.39, 0.29) is 0 Å². The van der Waals surface area contributed by atoms with Gasteiger partial charge in [-0.1, -0.05) is 72.5 Å². The van der Waals surface area contributed by atoms with Crippen molar-refractivity contribution in [2.45, 2.75) is 12.7 Å². The van der Waals surface area contributed by atoms with Gasteiger partial charge in [-0.25, -0.2) is 0 Å². The molecule has 0 spiro atoms. The van der Waals surface area contributed by atoms with Crippen molar-refractivity contribution in [3.8, 4) is 17.6 Å². The second-order valence-electron chi connectivity index (χ2n) is 5.38. The first-order chi connectivity index (χ1) is 11.8. The van der Waals surface area contributed by atoms with E-state index in [2.05, 4.69) is 11.8 Å². The summed E-state index contributed by atoms with van der Waals surface area (Å²) in [7, 11) is 0. The molecule has 0 saturated carbocycles. The number of ether oxygens (including phenoxy) is 1. The van der Waals surface area contributed by atoms with Gasteiger partial charge >= 0.3 is 0 Å². The molecule has 2 nitrogen and oxygen atoms in total. The molecule has 0 aliphatic carbocycles. The van der Waals surface area contributed by atoms with E-state index in [0.29, 0.717) is 6.61 Å². The van der Waals surface area contributed by atoms with Gasteiger partial charge in [0.25, 0.3) is 0 Å². The van der Waals surface area contributed by atoms with Gasteiger partial charge in [-0.15, -0.1) is 0 Å². The predicted octanol–water partition coefficient (Wildman–Crippen LogP) is 4.35. The quantitative estimate of drug-likeness (QED) is 0.725. The molecule has 24 heavy (non-hydrogen) atoms. The Morgan fingerprint density at radius 2 is 1.42 bits per heavy atom. The molecule has 3 rings (SSSR count). The van der Waals surface area contributed by atoms with Crippen molar-refractivity contribution in [2.75, 3.05) is 0 Å². The summed E-state index contributed by atoms with van der Waals surface area (Å²) in [6.45, 7) is 0.524. The van der Waals surface area contributed by atoms with Crippen LogP contribution in [0.25, 0.3) is 0 Å². The van der Waals surface area contributed by atoms with Gasteiger partial charge in [0.15, 0.2) is 0 Å². The maximum Gasteiger partial charge on any atom is 0.140 e. The van der Waals surface area contributed by atoms with E-state index in [0.717, 1.165) is 22.4 Å². The Labute approximate surface area is 142 Å². The van der Waals surface area contributed by atoms with Crippen LogP contribution >= 0.6 is 0 Å². The van der Waals surface area contributed by atoms with Gasteiger partial charge in [-0.2, -0.15) is 0 Å². The minimum Gasteiger partial charge on any atom is -0.489 e. The third-order valence-corrected chi connectivity index (χ3v) is 3.57. The maximum absolute atomic E-state index is 10.2. The number of aliphatic hydroxyl groups excluding tert-OH is 1. The topological polar surface area (TPSA) is 29.5 Å². The molecule has 0 bridgehead atoms. The lowest BCUT2D eigenvalue weighted by Gasteiger charge is -2.08. The Balaban J connectivity index is 1.61. The summed E-state index contributed by atoms with van der Waals surface area (Å²) >= 11 is 0. The standard InChI is InChI=1S/C22H18O2/c23-22(16-11-18-7-3-1-4-8-18)20-12-14-21(15-13-20)24-17-19-9-5-2-6-10-19/h1-10,12-15,22-23H,17H2. The molecule has 0 radical (unpaired) electrons. The lowest BCUT2D eigenvalue weighted by Crippen LogP contribution is -1.97. The molecule has 3 aromatic rings. The lowest BCUT2D eigenvalue weighted by molar-refractivity contribution is 0.238. The van der Waals surface area contributed by atoms with Crippen molar-refractivity contribution in [1.29, 1.82) is 0 Å². The van der Waals surface area contributed by atoms with E-state index in [9.17, 15) is 5.11 Å². The average Bonchev–Trinajstić information content (AvgIpc) is 2.66. The second kappa shape index (κ2) is 8.01. The zero-order valence-electron chi connectivity index (χ0n) is 13.2. The first kappa shape index (κ1) is 15.9. The normalized spacial score (nSPS) is 11.2. The fourth-order valence-corrected chi connectivity index (χ4v) is 2.24. The van der Waals surface area contributed by atoms with Crippen LogP contribution in [0.3, 0.4) is 0 Å².